The van der Waals surface area contributed by atoms with Crippen molar-refractivity contribution < 1.29 is 27.5 Å². The van der Waals surface area contributed by atoms with Gasteiger partial charge in [0.2, 0.25) is 0 Å². The summed E-state index contributed by atoms with van der Waals surface area (Å²) in [4.78, 5) is 14.6. The summed E-state index contributed by atoms with van der Waals surface area (Å²) in [5, 5.41) is 10.1. The van der Waals surface area contributed by atoms with Crippen LogP contribution in [0.25, 0.3) is 11.1 Å². The Kier molecular flexibility index (Phi) is 7.07. The molecule has 1 aliphatic heterocycles. The number of halogens is 4. The molecule has 0 unspecified atom stereocenters. The SMILES string of the molecule is CC1CCN([C@H](c2ccc(F)cc2)c2ccc(C3(C(=O)O)CCC3)cc2-c2ccc(C(F)(F)F)cc2)CC1. The van der Waals surface area contributed by atoms with Crippen LogP contribution in [0.1, 0.15) is 67.3 Å². The quantitative estimate of drug-likeness (QED) is 0.333. The van der Waals surface area contributed by atoms with Gasteiger partial charge in [0.05, 0.1) is 17.0 Å². The van der Waals surface area contributed by atoms with Crippen molar-refractivity contribution in [3.8, 4) is 11.1 Å². The molecule has 1 atom stereocenters. The monoisotopic (exact) mass is 525 g/mol. The number of piperidine rings is 1. The molecule has 5 rings (SSSR count). The molecule has 3 nitrogen and oxygen atoms in total. The van der Waals surface area contributed by atoms with Crippen LogP contribution in [0.4, 0.5) is 17.6 Å². The molecular formula is C31H31F4NO2. The lowest BCUT2D eigenvalue weighted by molar-refractivity contribution is -0.147. The van der Waals surface area contributed by atoms with E-state index in [1.54, 1.807) is 12.1 Å². The molecule has 38 heavy (non-hydrogen) atoms. The van der Waals surface area contributed by atoms with Crippen molar-refractivity contribution in [3.05, 3.63) is 94.8 Å². The zero-order chi connectivity index (χ0) is 27.1. The summed E-state index contributed by atoms with van der Waals surface area (Å²) >= 11 is 0. The molecule has 1 heterocycles. The summed E-state index contributed by atoms with van der Waals surface area (Å²) in [6.45, 7) is 3.88. The van der Waals surface area contributed by atoms with E-state index in [4.69, 9.17) is 0 Å². The van der Waals surface area contributed by atoms with Crippen LogP contribution in [0.2, 0.25) is 0 Å². The minimum Gasteiger partial charge on any atom is -0.481 e. The highest BCUT2D eigenvalue weighted by atomic mass is 19.4. The maximum absolute atomic E-state index is 13.9. The van der Waals surface area contributed by atoms with Crippen molar-refractivity contribution in [2.24, 2.45) is 5.92 Å². The Balaban J connectivity index is 1.68. The van der Waals surface area contributed by atoms with Crippen LogP contribution in [0, 0.1) is 11.7 Å². The largest absolute Gasteiger partial charge is 0.481 e. The zero-order valence-electron chi connectivity index (χ0n) is 21.3. The Morgan fingerprint density at radius 3 is 2.13 bits per heavy atom. The standard InChI is InChI=1S/C31H31F4NO2/c1-20-13-17-36(18-14-20)28(22-5-10-25(32)11-6-22)26-12-9-24(30(29(37)38)15-2-16-30)19-27(26)21-3-7-23(8-4-21)31(33,34)35/h3-12,19-20,28H,2,13-18H2,1H3,(H,37,38)/t28-/m1/s1. The number of hydrogen-bond acceptors (Lipinski definition) is 2. The predicted molar refractivity (Wildman–Crippen MR) is 138 cm³/mol. The summed E-state index contributed by atoms with van der Waals surface area (Å²) in [5.41, 5.74) is 2.00. The van der Waals surface area contributed by atoms with Gasteiger partial charge in [-0.1, -0.05) is 49.7 Å². The Labute approximate surface area is 220 Å². The number of carbonyl (C=O) groups is 1. The van der Waals surface area contributed by atoms with E-state index in [1.807, 2.05) is 18.2 Å². The van der Waals surface area contributed by atoms with Crippen molar-refractivity contribution in [3.63, 3.8) is 0 Å². The first kappa shape index (κ1) is 26.4. The number of benzene rings is 3. The Morgan fingerprint density at radius 1 is 0.974 bits per heavy atom. The minimum atomic E-state index is -4.45. The average molecular weight is 526 g/mol. The van der Waals surface area contributed by atoms with E-state index in [9.17, 15) is 27.5 Å². The smallest absolute Gasteiger partial charge is 0.416 e. The van der Waals surface area contributed by atoms with Gasteiger partial charge in [-0.3, -0.25) is 9.69 Å². The second-order valence-electron chi connectivity index (χ2n) is 10.8. The first-order valence-electron chi connectivity index (χ1n) is 13.1. The van der Waals surface area contributed by atoms with E-state index in [2.05, 4.69) is 11.8 Å². The number of aliphatic carboxylic acids is 1. The highest BCUT2D eigenvalue weighted by molar-refractivity contribution is 5.84. The van der Waals surface area contributed by atoms with Crippen molar-refractivity contribution >= 4 is 5.97 Å². The lowest BCUT2D eigenvalue weighted by Gasteiger charge is -2.40. The van der Waals surface area contributed by atoms with Crippen molar-refractivity contribution in [2.75, 3.05) is 13.1 Å². The van der Waals surface area contributed by atoms with Crippen molar-refractivity contribution in [2.45, 2.75) is 56.7 Å². The van der Waals surface area contributed by atoms with Gasteiger partial charge in [-0.2, -0.15) is 13.2 Å². The van der Waals surface area contributed by atoms with Gasteiger partial charge in [0.25, 0.3) is 0 Å². The normalized spacial score (nSPS) is 19.1. The van der Waals surface area contributed by atoms with Gasteiger partial charge in [-0.15, -0.1) is 0 Å². The van der Waals surface area contributed by atoms with Gasteiger partial charge in [-0.05, 0) is 103 Å². The summed E-state index contributed by atoms with van der Waals surface area (Å²) in [5.74, 6) is -0.632. The van der Waals surface area contributed by atoms with Crippen LogP contribution in [0.15, 0.2) is 66.7 Å². The highest BCUT2D eigenvalue weighted by Gasteiger charge is 2.46. The van der Waals surface area contributed by atoms with E-state index in [1.165, 1.54) is 24.3 Å². The fourth-order valence-electron chi connectivity index (χ4n) is 5.86. The third-order valence-corrected chi connectivity index (χ3v) is 8.41. The second kappa shape index (κ2) is 10.2. The molecule has 0 amide bonds. The molecule has 1 N–H and O–H groups in total. The van der Waals surface area contributed by atoms with E-state index in [0.717, 1.165) is 55.6 Å². The Bertz CT molecular complexity index is 1290. The molecule has 1 saturated carbocycles. The number of carboxylic acid groups (broad SMARTS) is 1. The third kappa shape index (κ3) is 4.96. The maximum Gasteiger partial charge on any atom is 0.416 e. The molecule has 1 aliphatic carbocycles. The molecule has 2 fully saturated rings. The molecule has 0 spiro atoms. The van der Waals surface area contributed by atoms with Crippen LogP contribution in [0.5, 0.6) is 0 Å². The van der Waals surface area contributed by atoms with E-state index in [-0.39, 0.29) is 11.9 Å². The van der Waals surface area contributed by atoms with Gasteiger partial charge in [0, 0.05) is 0 Å². The van der Waals surface area contributed by atoms with E-state index in [0.29, 0.717) is 35.4 Å². The molecule has 0 aromatic heterocycles. The van der Waals surface area contributed by atoms with Gasteiger partial charge >= 0.3 is 12.1 Å². The van der Waals surface area contributed by atoms with Gasteiger partial charge < -0.3 is 5.11 Å². The fraction of sp³-hybridized carbons (Fsp3) is 0.387. The number of hydrogen-bond donors (Lipinski definition) is 1. The number of nitrogens with zero attached hydrogens (tertiary/aromatic N) is 1. The zero-order valence-corrected chi connectivity index (χ0v) is 21.3. The molecule has 0 radical (unpaired) electrons. The number of alkyl halides is 3. The third-order valence-electron chi connectivity index (χ3n) is 8.41. The molecule has 2 aliphatic rings. The first-order chi connectivity index (χ1) is 18.1. The summed E-state index contributed by atoms with van der Waals surface area (Å²) in [6, 6.07) is 16.8. The lowest BCUT2D eigenvalue weighted by Crippen LogP contribution is -2.42. The summed E-state index contributed by atoms with van der Waals surface area (Å²) in [6.07, 6.45) is -0.572. The topological polar surface area (TPSA) is 40.5 Å². The average Bonchev–Trinajstić information content (AvgIpc) is 2.86. The van der Waals surface area contributed by atoms with Crippen molar-refractivity contribution in [1.82, 2.24) is 4.90 Å². The predicted octanol–water partition coefficient (Wildman–Crippen LogP) is 7.84. The van der Waals surface area contributed by atoms with Crippen LogP contribution >= 0.6 is 0 Å². The summed E-state index contributed by atoms with van der Waals surface area (Å²) < 4.78 is 53.8. The molecule has 3 aromatic rings. The van der Waals surface area contributed by atoms with Crippen molar-refractivity contribution in [1.29, 1.82) is 0 Å². The first-order valence-corrected chi connectivity index (χ1v) is 13.1. The van der Waals surface area contributed by atoms with Gasteiger partial charge in [0.1, 0.15) is 5.82 Å². The van der Waals surface area contributed by atoms with Crippen LogP contribution in [-0.4, -0.2) is 29.1 Å². The van der Waals surface area contributed by atoms with Gasteiger partial charge in [0.15, 0.2) is 0 Å². The van der Waals surface area contributed by atoms with Crippen LogP contribution in [0.3, 0.4) is 0 Å². The Hall–Kier alpha value is -3.19. The molecule has 1 saturated heterocycles. The molecule has 200 valence electrons. The molecule has 7 heteroatoms. The highest BCUT2D eigenvalue weighted by Crippen LogP contribution is 2.47. The number of carboxylic acids is 1. The van der Waals surface area contributed by atoms with Crippen LogP contribution in [-0.2, 0) is 16.4 Å². The number of rotatable bonds is 6. The van der Waals surface area contributed by atoms with E-state index < -0.39 is 23.1 Å². The van der Waals surface area contributed by atoms with E-state index >= 15 is 0 Å². The molecular weight excluding hydrogens is 494 g/mol. The minimum absolute atomic E-state index is 0.253. The van der Waals surface area contributed by atoms with Gasteiger partial charge in [-0.25, -0.2) is 4.39 Å². The summed E-state index contributed by atoms with van der Waals surface area (Å²) in [7, 11) is 0. The van der Waals surface area contributed by atoms with Crippen LogP contribution < -0.4 is 0 Å². The lowest BCUT2D eigenvalue weighted by atomic mass is 9.64. The maximum atomic E-state index is 13.9. The molecule has 0 bridgehead atoms. The molecule has 3 aromatic carbocycles. The number of likely N-dealkylation sites (tertiary alicyclic amines) is 1. The Morgan fingerprint density at radius 2 is 1.61 bits per heavy atom. The fourth-order valence-corrected chi connectivity index (χ4v) is 5.86. The second-order valence-corrected chi connectivity index (χ2v) is 10.8.